The third kappa shape index (κ3) is 3.89. The van der Waals surface area contributed by atoms with Crippen molar-refractivity contribution in [1.29, 1.82) is 0 Å². The quantitative estimate of drug-likeness (QED) is 0.781. The molecule has 1 rings (SSSR count). The van der Waals surface area contributed by atoms with Crippen LogP contribution in [-0.4, -0.2) is 40.9 Å². The van der Waals surface area contributed by atoms with E-state index >= 15 is 0 Å². The van der Waals surface area contributed by atoms with Gasteiger partial charge in [0.05, 0.1) is 12.9 Å². The van der Waals surface area contributed by atoms with E-state index in [1.165, 1.54) is 0 Å². The molecule has 2 N–H and O–H groups in total. The average Bonchev–Trinajstić information content (AvgIpc) is 2.15. The fraction of sp³-hybridized carbons (Fsp3) is 0.500. The first-order valence-electron chi connectivity index (χ1n) is 4.39. The van der Waals surface area contributed by atoms with Crippen LogP contribution >= 0.6 is 0 Å². The molecule has 0 aliphatic carbocycles. The second-order valence-electron chi connectivity index (χ2n) is 3.03. The molecule has 1 aromatic rings. The van der Waals surface area contributed by atoms with Gasteiger partial charge in [-0.15, -0.1) is 0 Å². The molecule has 0 bridgehead atoms. The number of aromatic nitrogens is 2. The predicted molar refractivity (Wildman–Crippen MR) is 50.2 cm³/mol. The summed E-state index contributed by atoms with van der Waals surface area (Å²) in [6.45, 7) is -1.95. The van der Waals surface area contributed by atoms with Crippen molar-refractivity contribution in [2.75, 3.05) is 24.6 Å². The normalized spacial score (nSPS) is 11.5. The molecule has 0 radical (unpaired) electrons. The highest BCUT2D eigenvalue weighted by Gasteiger charge is 2.31. The van der Waals surface area contributed by atoms with Crippen LogP contribution in [0.3, 0.4) is 0 Å². The number of hydrogen-bond donors (Lipinski definition) is 2. The molecule has 0 aliphatic heterocycles. The molecule has 0 spiro atoms. The standard InChI is InChI=1S/C8H10F3N3O2/c9-8(10,11)4-14(1-2-15)6-3-7(16)13-5-12-6/h3,5,15H,1-2,4H2,(H,12,13,16). The van der Waals surface area contributed by atoms with Crippen LogP contribution in [0, 0.1) is 0 Å². The average molecular weight is 237 g/mol. The topological polar surface area (TPSA) is 69.2 Å². The molecule has 90 valence electrons. The minimum Gasteiger partial charge on any atom is -0.395 e. The smallest absolute Gasteiger partial charge is 0.395 e. The summed E-state index contributed by atoms with van der Waals surface area (Å²) in [7, 11) is 0. The van der Waals surface area contributed by atoms with E-state index in [0.29, 0.717) is 0 Å². The Morgan fingerprint density at radius 3 is 2.69 bits per heavy atom. The van der Waals surface area contributed by atoms with Crippen molar-refractivity contribution in [2.24, 2.45) is 0 Å². The first kappa shape index (κ1) is 12.5. The van der Waals surface area contributed by atoms with Crippen LogP contribution in [0.5, 0.6) is 0 Å². The number of alkyl halides is 3. The lowest BCUT2D eigenvalue weighted by atomic mass is 10.4. The van der Waals surface area contributed by atoms with Crippen molar-refractivity contribution in [1.82, 2.24) is 9.97 Å². The summed E-state index contributed by atoms with van der Waals surface area (Å²) >= 11 is 0. The molecule has 0 saturated carbocycles. The van der Waals surface area contributed by atoms with Crippen molar-refractivity contribution in [2.45, 2.75) is 6.18 Å². The van der Waals surface area contributed by atoms with E-state index in [9.17, 15) is 18.0 Å². The van der Waals surface area contributed by atoms with Crippen molar-refractivity contribution >= 4 is 5.82 Å². The maximum atomic E-state index is 12.2. The number of nitrogens with one attached hydrogen (secondary N) is 1. The SMILES string of the molecule is O=c1cc(N(CCO)CC(F)(F)F)nc[nH]1. The number of aromatic amines is 1. The molecule has 0 unspecified atom stereocenters. The van der Waals surface area contributed by atoms with Crippen LogP contribution in [0.25, 0.3) is 0 Å². The van der Waals surface area contributed by atoms with E-state index in [0.717, 1.165) is 17.3 Å². The lowest BCUT2D eigenvalue weighted by Crippen LogP contribution is -2.37. The number of aliphatic hydroxyl groups excluding tert-OH is 1. The van der Waals surface area contributed by atoms with Gasteiger partial charge in [-0.25, -0.2) is 4.98 Å². The first-order valence-corrected chi connectivity index (χ1v) is 4.39. The van der Waals surface area contributed by atoms with Crippen LogP contribution in [0.4, 0.5) is 19.0 Å². The summed E-state index contributed by atoms with van der Waals surface area (Å²) < 4.78 is 36.5. The molecule has 0 saturated heterocycles. The van der Waals surface area contributed by atoms with Crippen LogP contribution in [0.2, 0.25) is 0 Å². The fourth-order valence-electron chi connectivity index (χ4n) is 1.14. The summed E-state index contributed by atoms with van der Waals surface area (Å²) in [5.74, 6) is -0.116. The van der Waals surface area contributed by atoms with Crippen molar-refractivity contribution < 1.29 is 18.3 Å². The highest BCUT2D eigenvalue weighted by atomic mass is 19.4. The van der Waals surface area contributed by atoms with Gasteiger partial charge in [-0.05, 0) is 0 Å². The molecule has 1 aromatic heterocycles. The second kappa shape index (κ2) is 4.97. The molecule has 0 atom stereocenters. The molecule has 0 amide bonds. The highest BCUT2D eigenvalue weighted by molar-refractivity contribution is 5.36. The molecular formula is C8H10F3N3O2. The number of hydrogen-bond acceptors (Lipinski definition) is 4. The number of aliphatic hydroxyl groups is 1. The number of H-pyrrole nitrogens is 1. The number of nitrogens with zero attached hydrogens (tertiary/aromatic N) is 2. The summed E-state index contributed by atoms with van der Waals surface area (Å²) in [6.07, 6.45) is -3.40. The lowest BCUT2D eigenvalue weighted by Gasteiger charge is -2.23. The van der Waals surface area contributed by atoms with E-state index in [1.54, 1.807) is 0 Å². The van der Waals surface area contributed by atoms with Crippen molar-refractivity contribution in [3.63, 3.8) is 0 Å². The molecule has 0 fully saturated rings. The van der Waals surface area contributed by atoms with Gasteiger partial charge in [0.1, 0.15) is 12.4 Å². The maximum absolute atomic E-state index is 12.2. The van der Waals surface area contributed by atoms with Gasteiger partial charge >= 0.3 is 6.18 Å². The van der Waals surface area contributed by atoms with Gasteiger partial charge in [-0.3, -0.25) is 4.79 Å². The second-order valence-corrected chi connectivity index (χ2v) is 3.03. The summed E-state index contributed by atoms with van der Waals surface area (Å²) in [5.41, 5.74) is -0.546. The van der Waals surface area contributed by atoms with Crippen LogP contribution in [0.15, 0.2) is 17.2 Å². The first-order chi connectivity index (χ1) is 7.42. The van der Waals surface area contributed by atoms with Gasteiger partial charge in [0.15, 0.2) is 0 Å². The Hall–Kier alpha value is -1.57. The Morgan fingerprint density at radius 1 is 1.50 bits per heavy atom. The molecule has 5 nitrogen and oxygen atoms in total. The van der Waals surface area contributed by atoms with Gasteiger partial charge in [-0.2, -0.15) is 13.2 Å². The zero-order valence-electron chi connectivity index (χ0n) is 8.16. The number of halogens is 3. The van der Waals surface area contributed by atoms with Crippen LogP contribution in [0.1, 0.15) is 0 Å². The van der Waals surface area contributed by atoms with Crippen LogP contribution < -0.4 is 10.5 Å². The van der Waals surface area contributed by atoms with Crippen molar-refractivity contribution in [3.8, 4) is 0 Å². The van der Waals surface area contributed by atoms with Gasteiger partial charge in [0, 0.05) is 12.6 Å². The van der Waals surface area contributed by atoms with Gasteiger partial charge in [-0.1, -0.05) is 0 Å². The minimum absolute atomic E-state index is 0.116. The zero-order chi connectivity index (χ0) is 12.2. The number of rotatable bonds is 4. The Bertz CT molecular complexity index is 391. The van der Waals surface area contributed by atoms with Crippen molar-refractivity contribution in [3.05, 3.63) is 22.7 Å². The monoisotopic (exact) mass is 237 g/mol. The molecule has 8 heteroatoms. The van der Waals surface area contributed by atoms with Gasteiger partial charge in [0.25, 0.3) is 5.56 Å². The van der Waals surface area contributed by atoms with Gasteiger partial charge in [0.2, 0.25) is 0 Å². The minimum atomic E-state index is -4.42. The Morgan fingerprint density at radius 2 is 2.19 bits per heavy atom. The van der Waals surface area contributed by atoms with Gasteiger partial charge < -0.3 is 15.0 Å². The Kier molecular flexibility index (Phi) is 3.88. The van der Waals surface area contributed by atoms with Crippen LogP contribution in [-0.2, 0) is 0 Å². The predicted octanol–water partition coefficient (Wildman–Crippen LogP) is 0.131. The molecule has 0 aromatic carbocycles. The highest BCUT2D eigenvalue weighted by Crippen LogP contribution is 2.19. The van der Waals surface area contributed by atoms with E-state index in [2.05, 4.69) is 9.97 Å². The van der Waals surface area contributed by atoms with E-state index < -0.39 is 24.9 Å². The zero-order valence-corrected chi connectivity index (χ0v) is 8.16. The molecule has 1 heterocycles. The van der Waals surface area contributed by atoms with E-state index in [1.807, 2.05) is 0 Å². The summed E-state index contributed by atoms with van der Waals surface area (Å²) in [5, 5.41) is 8.64. The molecular weight excluding hydrogens is 227 g/mol. The molecule has 0 aliphatic rings. The maximum Gasteiger partial charge on any atom is 0.405 e. The van der Waals surface area contributed by atoms with E-state index in [-0.39, 0.29) is 12.4 Å². The number of anilines is 1. The summed E-state index contributed by atoms with van der Waals surface area (Å²) in [6, 6.07) is 0.946. The molecule has 16 heavy (non-hydrogen) atoms. The fourth-order valence-corrected chi connectivity index (χ4v) is 1.14. The van der Waals surface area contributed by atoms with E-state index in [4.69, 9.17) is 5.11 Å². The lowest BCUT2D eigenvalue weighted by molar-refractivity contribution is -0.120. The third-order valence-corrected chi connectivity index (χ3v) is 1.73. The summed E-state index contributed by atoms with van der Waals surface area (Å²) in [4.78, 5) is 17.5. The third-order valence-electron chi connectivity index (χ3n) is 1.73. The largest absolute Gasteiger partial charge is 0.405 e. The Labute approximate surface area is 88.5 Å². The Balaban J connectivity index is 2.89.